The standard InChI is InChI=1S/C20H18ClF2N5O/c21-18-16(10-25)17-12-28(11-14-3-1-13(9-24)2-4-14)7-5-15(17)19(27-18)26-6-8-29-20(22)23/h1-4,20H,5-8,11-12H2,(H,26,27). The number of fused-ring (bicyclic) bond motifs is 1. The van der Waals surface area contributed by atoms with Crippen LogP contribution in [0.1, 0.15) is 27.8 Å². The molecule has 0 bridgehead atoms. The average Bonchev–Trinajstić information content (AvgIpc) is 2.71. The quantitative estimate of drug-likeness (QED) is 0.546. The molecular weight excluding hydrogens is 400 g/mol. The van der Waals surface area contributed by atoms with Gasteiger partial charge in [-0.15, -0.1) is 0 Å². The molecule has 1 N–H and O–H groups in total. The van der Waals surface area contributed by atoms with E-state index in [9.17, 15) is 14.0 Å². The van der Waals surface area contributed by atoms with E-state index < -0.39 is 6.61 Å². The smallest absolute Gasteiger partial charge is 0.345 e. The maximum absolute atomic E-state index is 12.1. The Balaban J connectivity index is 1.77. The SMILES string of the molecule is N#Cc1ccc(CN2CCc3c(NCCOC(F)F)nc(Cl)c(C#N)c3C2)cc1. The van der Waals surface area contributed by atoms with E-state index in [1.807, 2.05) is 12.1 Å². The molecule has 1 aromatic carbocycles. The van der Waals surface area contributed by atoms with Crippen molar-refractivity contribution in [3.05, 3.63) is 57.2 Å². The van der Waals surface area contributed by atoms with E-state index in [0.29, 0.717) is 36.5 Å². The van der Waals surface area contributed by atoms with Crippen molar-refractivity contribution in [2.75, 3.05) is 25.0 Å². The van der Waals surface area contributed by atoms with Gasteiger partial charge in [-0.1, -0.05) is 23.7 Å². The number of pyridine rings is 1. The fourth-order valence-corrected chi connectivity index (χ4v) is 3.55. The molecule has 0 fully saturated rings. The summed E-state index contributed by atoms with van der Waals surface area (Å²) in [6.07, 6.45) is 0.641. The van der Waals surface area contributed by atoms with Gasteiger partial charge in [0.15, 0.2) is 0 Å². The predicted molar refractivity (Wildman–Crippen MR) is 103 cm³/mol. The van der Waals surface area contributed by atoms with E-state index in [4.69, 9.17) is 16.9 Å². The summed E-state index contributed by atoms with van der Waals surface area (Å²) in [6.45, 7) is -0.913. The van der Waals surface area contributed by atoms with Crippen LogP contribution in [0.2, 0.25) is 5.15 Å². The number of hydrogen-bond donors (Lipinski definition) is 1. The minimum Gasteiger partial charge on any atom is -0.367 e. The average molecular weight is 418 g/mol. The Morgan fingerprint density at radius 3 is 2.62 bits per heavy atom. The van der Waals surface area contributed by atoms with Crippen LogP contribution in [0.3, 0.4) is 0 Å². The van der Waals surface area contributed by atoms with Crippen LogP contribution in [0.5, 0.6) is 0 Å². The van der Waals surface area contributed by atoms with E-state index in [-0.39, 0.29) is 18.3 Å². The lowest BCUT2D eigenvalue weighted by Gasteiger charge is -2.30. The largest absolute Gasteiger partial charge is 0.367 e. The summed E-state index contributed by atoms with van der Waals surface area (Å²) in [5, 5.41) is 21.5. The van der Waals surface area contributed by atoms with Gasteiger partial charge in [0.05, 0.1) is 23.8 Å². The highest BCUT2D eigenvalue weighted by molar-refractivity contribution is 6.30. The highest BCUT2D eigenvalue weighted by atomic mass is 35.5. The number of anilines is 1. The van der Waals surface area contributed by atoms with Crippen LogP contribution in [0.25, 0.3) is 0 Å². The third kappa shape index (κ3) is 5.18. The van der Waals surface area contributed by atoms with Gasteiger partial charge in [-0.3, -0.25) is 4.90 Å². The Labute approximate surface area is 172 Å². The molecule has 2 aromatic rings. The zero-order valence-corrected chi connectivity index (χ0v) is 16.2. The molecule has 0 atom stereocenters. The van der Waals surface area contributed by atoms with Crippen molar-refractivity contribution in [3.63, 3.8) is 0 Å². The number of hydrogen-bond acceptors (Lipinski definition) is 6. The number of benzene rings is 1. The molecule has 0 aliphatic carbocycles. The van der Waals surface area contributed by atoms with Crippen LogP contribution in [0.15, 0.2) is 24.3 Å². The van der Waals surface area contributed by atoms with Crippen molar-refractivity contribution in [3.8, 4) is 12.1 Å². The Morgan fingerprint density at radius 1 is 1.21 bits per heavy atom. The monoisotopic (exact) mass is 417 g/mol. The van der Waals surface area contributed by atoms with Gasteiger partial charge in [0.25, 0.3) is 0 Å². The van der Waals surface area contributed by atoms with Gasteiger partial charge >= 0.3 is 6.61 Å². The second kappa shape index (κ2) is 9.62. The van der Waals surface area contributed by atoms with E-state index >= 15 is 0 Å². The summed E-state index contributed by atoms with van der Waals surface area (Å²) >= 11 is 6.20. The molecular formula is C20H18ClF2N5O. The molecule has 0 radical (unpaired) electrons. The first kappa shape index (κ1) is 20.9. The minimum atomic E-state index is -2.82. The topological polar surface area (TPSA) is 85.0 Å². The second-order valence-electron chi connectivity index (χ2n) is 6.52. The highest BCUT2D eigenvalue weighted by Gasteiger charge is 2.25. The lowest BCUT2D eigenvalue weighted by Crippen LogP contribution is -2.32. The van der Waals surface area contributed by atoms with Crippen LogP contribution in [0, 0.1) is 22.7 Å². The molecule has 1 aromatic heterocycles. The Hall–Kier alpha value is -2.78. The minimum absolute atomic E-state index is 0.0868. The highest BCUT2D eigenvalue weighted by Crippen LogP contribution is 2.32. The van der Waals surface area contributed by atoms with Crippen molar-refractivity contribution in [1.29, 1.82) is 10.5 Å². The third-order valence-electron chi connectivity index (χ3n) is 4.67. The van der Waals surface area contributed by atoms with Crippen LogP contribution >= 0.6 is 11.6 Å². The first-order valence-electron chi connectivity index (χ1n) is 8.98. The molecule has 0 saturated heterocycles. The normalized spacial score (nSPS) is 13.6. The molecule has 0 unspecified atom stereocenters. The van der Waals surface area contributed by atoms with E-state index in [1.54, 1.807) is 12.1 Å². The summed E-state index contributed by atoms with van der Waals surface area (Å²) in [6, 6.07) is 11.6. The van der Waals surface area contributed by atoms with Gasteiger partial charge in [-0.2, -0.15) is 19.3 Å². The van der Waals surface area contributed by atoms with E-state index in [0.717, 1.165) is 23.2 Å². The predicted octanol–water partition coefficient (Wildman–Crippen LogP) is 3.69. The Kier molecular flexibility index (Phi) is 6.95. The lowest BCUT2D eigenvalue weighted by molar-refractivity contribution is -0.125. The van der Waals surface area contributed by atoms with Crippen molar-refractivity contribution >= 4 is 17.4 Å². The van der Waals surface area contributed by atoms with E-state index in [1.165, 1.54) is 0 Å². The summed E-state index contributed by atoms with van der Waals surface area (Å²) in [4.78, 5) is 6.43. The van der Waals surface area contributed by atoms with Gasteiger partial charge < -0.3 is 10.1 Å². The van der Waals surface area contributed by atoms with Gasteiger partial charge in [0.1, 0.15) is 17.0 Å². The number of halogens is 3. The second-order valence-corrected chi connectivity index (χ2v) is 6.88. The first-order valence-corrected chi connectivity index (χ1v) is 9.36. The molecule has 29 heavy (non-hydrogen) atoms. The number of alkyl halides is 2. The molecule has 0 amide bonds. The Morgan fingerprint density at radius 2 is 1.97 bits per heavy atom. The molecule has 0 saturated carbocycles. The third-order valence-corrected chi connectivity index (χ3v) is 4.94. The summed E-state index contributed by atoms with van der Waals surface area (Å²) in [5.74, 6) is 0.500. The number of nitriles is 2. The lowest BCUT2D eigenvalue weighted by atomic mass is 9.96. The number of ether oxygens (including phenoxy) is 1. The fourth-order valence-electron chi connectivity index (χ4n) is 3.31. The molecule has 6 nitrogen and oxygen atoms in total. The summed E-state index contributed by atoms with van der Waals surface area (Å²) in [7, 11) is 0. The van der Waals surface area contributed by atoms with Crippen molar-refractivity contribution in [1.82, 2.24) is 9.88 Å². The molecule has 1 aliphatic rings. The van der Waals surface area contributed by atoms with Crippen LogP contribution in [0.4, 0.5) is 14.6 Å². The molecule has 150 valence electrons. The maximum atomic E-state index is 12.1. The van der Waals surface area contributed by atoms with E-state index in [2.05, 4.69) is 32.1 Å². The van der Waals surface area contributed by atoms with Crippen LogP contribution in [-0.4, -0.2) is 36.2 Å². The number of rotatable bonds is 7. The zero-order valence-electron chi connectivity index (χ0n) is 15.5. The summed E-state index contributed by atoms with van der Waals surface area (Å²) < 4.78 is 28.5. The van der Waals surface area contributed by atoms with Crippen molar-refractivity contribution in [2.24, 2.45) is 0 Å². The van der Waals surface area contributed by atoms with Gasteiger partial charge in [0.2, 0.25) is 0 Å². The fraction of sp³-hybridized carbons (Fsp3) is 0.350. The number of nitrogens with zero attached hydrogens (tertiary/aromatic N) is 4. The van der Waals surface area contributed by atoms with Gasteiger partial charge in [-0.05, 0) is 29.7 Å². The van der Waals surface area contributed by atoms with Crippen molar-refractivity contribution < 1.29 is 13.5 Å². The van der Waals surface area contributed by atoms with Crippen LogP contribution in [-0.2, 0) is 24.2 Å². The van der Waals surface area contributed by atoms with Crippen LogP contribution < -0.4 is 5.32 Å². The summed E-state index contributed by atoms with van der Waals surface area (Å²) in [5.41, 5.74) is 3.67. The molecule has 2 heterocycles. The zero-order chi connectivity index (χ0) is 20.8. The Bertz CT molecular complexity index is 953. The molecule has 3 rings (SSSR count). The number of nitrogens with one attached hydrogen (secondary N) is 1. The molecule has 9 heteroatoms. The number of aromatic nitrogens is 1. The van der Waals surface area contributed by atoms with Gasteiger partial charge in [-0.25, -0.2) is 4.98 Å². The first-order chi connectivity index (χ1) is 14.0. The molecule has 0 spiro atoms. The molecule has 1 aliphatic heterocycles. The van der Waals surface area contributed by atoms with Gasteiger partial charge in [0, 0.05) is 31.7 Å². The van der Waals surface area contributed by atoms with Crippen molar-refractivity contribution in [2.45, 2.75) is 26.1 Å². The maximum Gasteiger partial charge on any atom is 0.345 e.